The molecule has 106 valence electrons. The van der Waals surface area contributed by atoms with Crippen molar-refractivity contribution in [3.05, 3.63) is 42.0 Å². The minimum absolute atomic E-state index is 0.346. The highest BCUT2D eigenvalue weighted by molar-refractivity contribution is 5.81. The van der Waals surface area contributed by atoms with Crippen LogP contribution in [0.15, 0.2) is 30.7 Å². The van der Waals surface area contributed by atoms with E-state index in [-0.39, 0.29) is 0 Å². The smallest absolute Gasteiger partial charge is 0.172 e. The molecule has 0 atom stereocenters. The van der Waals surface area contributed by atoms with Gasteiger partial charge < -0.3 is 14.0 Å². The van der Waals surface area contributed by atoms with E-state index in [1.807, 2.05) is 18.4 Å². The average molecular weight is 274 g/mol. The molecule has 0 spiro atoms. The van der Waals surface area contributed by atoms with Crippen LogP contribution < -0.4 is 9.47 Å². The summed E-state index contributed by atoms with van der Waals surface area (Å²) in [6.45, 7) is 5.62. The predicted molar refractivity (Wildman–Crippen MR) is 75.2 cm³/mol. The number of nitrogens with zero attached hydrogens (tertiary/aromatic N) is 2. The normalized spacial score (nSPS) is 10.3. The summed E-state index contributed by atoms with van der Waals surface area (Å²) in [5.74, 6) is 1.06. The van der Waals surface area contributed by atoms with Gasteiger partial charge in [0.05, 0.1) is 30.4 Å². The van der Waals surface area contributed by atoms with Crippen molar-refractivity contribution in [2.45, 2.75) is 27.0 Å². The van der Waals surface area contributed by atoms with Gasteiger partial charge in [-0.05, 0) is 26.0 Å². The van der Waals surface area contributed by atoms with Crippen LogP contribution in [0.3, 0.4) is 0 Å². The third-order valence-corrected chi connectivity index (χ3v) is 2.94. The fourth-order valence-electron chi connectivity index (χ4n) is 1.95. The van der Waals surface area contributed by atoms with Gasteiger partial charge in [-0.25, -0.2) is 4.98 Å². The van der Waals surface area contributed by atoms with E-state index >= 15 is 0 Å². The molecule has 0 saturated carbocycles. The van der Waals surface area contributed by atoms with Gasteiger partial charge in [0.25, 0.3) is 0 Å². The quantitative estimate of drug-likeness (QED) is 0.728. The number of carbonyl (C=O) groups excluding carboxylic acids is 1. The fourth-order valence-corrected chi connectivity index (χ4v) is 1.95. The molecule has 20 heavy (non-hydrogen) atoms. The van der Waals surface area contributed by atoms with Crippen LogP contribution in [-0.2, 0) is 13.2 Å². The van der Waals surface area contributed by atoms with Crippen LogP contribution >= 0.6 is 0 Å². The van der Waals surface area contributed by atoms with Gasteiger partial charge in [0.2, 0.25) is 0 Å². The number of ether oxygens (including phenoxy) is 2. The van der Waals surface area contributed by atoms with E-state index in [0.717, 1.165) is 18.5 Å². The lowest BCUT2D eigenvalue weighted by atomic mass is 10.2. The fraction of sp³-hybridized carbons (Fsp3) is 0.333. The third-order valence-electron chi connectivity index (χ3n) is 2.94. The first-order chi connectivity index (χ1) is 9.80. The molecule has 0 unspecified atom stereocenters. The topological polar surface area (TPSA) is 53.4 Å². The van der Waals surface area contributed by atoms with Gasteiger partial charge in [0, 0.05) is 6.54 Å². The lowest BCUT2D eigenvalue weighted by Crippen LogP contribution is -2.06. The molecule has 1 aromatic heterocycles. The second kappa shape index (κ2) is 6.75. The predicted octanol–water partition coefficient (Wildman–Crippen LogP) is 2.69. The molecule has 1 aromatic carbocycles. The molecule has 0 amide bonds. The summed E-state index contributed by atoms with van der Waals surface area (Å²) in [7, 11) is 0. The molecule has 0 aliphatic carbocycles. The molecule has 0 aliphatic heterocycles. The van der Waals surface area contributed by atoms with Crippen LogP contribution in [0.5, 0.6) is 11.5 Å². The monoisotopic (exact) mass is 274 g/mol. The van der Waals surface area contributed by atoms with E-state index in [2.05, 4.69) is 4.98 Å². The van der Waals surface area contributed by atoms with Crippen LogP contribution in [0, 0.1) is 0 Å². The van der Waals surface area contributed by atoms with E-state index in [4.69, 9.17) is 9.47 Å². The molecule has 2 aromatic rings. The van der Waals surface area contributed by atoms with Gasteiger partial charge >= 0.3 is 0 Å². The van der Waals surface area contributed by atoms with Crippen molar-refractivity contribution in [2.75, 3.05) is 6.61 Å². The van der Waals surface area contributed by atoms with Gasteiger partial charge in [0.15, 0.2) is 17.8 Å². The summed E-state index contributed by atoms with van der Waals surface area (Å²) in [6, 6.07) is 5.28. The second-order valence-electron chi connectivity index (χ2n) is 4.19. The van der Waals surface area contributed by atoms with Gasteiger partial charge in [0.1, 0.15) is 6.61 Å². The highest BCUT2D eigenvalue weighted by atomic mass is 16.5. The zero-order chi connectivity index (χ0) is 14.4. The van der Waals surface area contributed by atoms with Crippen LogP contribution in [0.25, 0.3) is 0 Å². The number of para-hydroxylation sites is 1. The highest BCUT2D eigenvalue weighted by Gasteiger charge is 2.11. The Morgan fingerprint density at radius 2 is 2.15 bits per heavy atom. The summed E-state index contributed by atoms with van der Waals surface area (Å²) in [5, 5.41) is 0. The van der Waals surface area contributed by atoms with Gasteiger partial charge in [-0.2, -0.15) is 0 Å². The van der Waals surface area contributed by atoms with Crippen molar-refractivity contribution in [1.82, 2.24) is 9.55 Å². The summed E-state index contributed by atoms with van der Waals surface area (Å²) < 4.78 is 13.3. The van der Waals surface area contributed by atoms with Crippen LogP contribution in [0.1, 0.15) is 29.9 Å². The van der Waals surface area contributed by atoms with Crippen molar-refractivity contribution in [2.24, 2.45) is 0 Å². The summed E-state index contributed by atoms with van der Waals surface area (Å²) in [5.41, 5.74) is 1.44. The Bertz CT molecular complexity index is 578. The first-order valence-corrected chi connectivity index (χ1v) is 6.62. The van der Waals surface area contributed by atoms with E-state index in [1.165, 1.54) is 0 Å². The third kappa shape index (κ3) is 2.99. The SMILES string of the molecule is CCOc1cccc(C=O)c1OCc1cncn1CC. The molecule has 0 bridgehead atoms. The van der Waals surface area contributed by atoms with Crippen molar-refractivity contribution in [1.29, 1.82) is 0 Å². The molecule has 2 rings (SSSR count). The van der Waals surface area contributed by atoms with Crippen LogP contribution in [0.4, 0.5) is 0 Å². The van der Waals surface area contributed by atoms with E-state index in [9.17, 15) is 4.79 Å². The Balaban J connectivity index is 2.21. The number of aromatic nitrogens is 2. The Kier molecular flexibility index (Phi) is 4.76. The first-order valence-electron chi connectivity index (χ1n) is 6.62. The van der Waals surface area contributed by atoms with Crippen molar-refractivity contribution < 1.29 is 14.3 Å². The largest absolute Gasteiger partial charge is 0.490 e. The molecule has 0 aliphatic rings. The highest BCUT2D eigenvalue weighted by Crippen LogP contribution is 2.31. The number of rotatable bonds is 7. The summed E-state index contributed by atoms with van der Waals surface area (Å²) >= 11 is 0. The van der Waals surface area contributed by atoms with Crippen LogP contribution in [-0.4, -0.2) is 22.4 Å². The number of carbonyl (C=O) groups is 1. The minimum atomic E-state index is 0.346. The van der Waals surface area contributed by atoms with Crippen LogP contribution in [0.2, 0.25) is 0 Å². The molecular weight excluding hydrogens is 256 g/mol. The van der Waals surface area contributed by atoms with Crippen molar-refractivity contribution in [3.8, 4) is 11.5 Å². The van der Waals surface area contributed by atoms with Crippen molar-refractivity contribution in [3.63, 3.8) is 0 Å². The molecular formula is C15H18N2O3. The molecule has 0 N–H and O–H groups in total. The molecule has 5 heteroatoms. The molecule has 5 nitrogen and oxygen atoms in total. The lowest BCUT2D eigenvalue weighted by Gasteiger charge is -2.14. The van der Waals surface area contributed by atoms with E-state index < -0.39 is 0 Å². The maximum absolute atomic E-state index is 11.1. The standard InChI is InChI=1S/C15H18N2O3/c1-3-17-11-16-8-13(17)10-20-15-12(9-18)6-5-7-14(15)19-4-2/h5-9,11H,3-4,10H2,1-2H3. The molecule has 0 saturated heterocycles. The number of hydrogen-bond acceptors (Lipinski definition) is 4. The number of hydrogen-bond donors (Lipinski definition) is 0. The maximum Gasteiger partial charge on any atom is 0.172 e. The van der Waals surface area contributed by atoms with E-state index in [1.54, 1.807) is 30.7 Å². The number of benzene rings is 1. The number of aryl methyl sites for hydroxylation is 1. The number of aldehydes is 1. The molecule has 1 heterocycles. The Hall–Kier alpha value is -2.30. The maximum atomic E-state index is 11.1. The van der Waals surface area contributed by atoms with Crippen molar-refractivity contribution >= 4 is 6.29 Å². The lowest BCUT2D eigenvalue weighted by molar-refractivity contribution is 0.111. The zero-order valence-corrected chi connectivity index (χ0v) is 11.7. The first kappa shape index (κ1) is 14.1. The second-order valence-corrected chi connectivity index (χ2v) is 4.19. The average Bonchev–Trinajstić information content (AvgIpc) is 2.93. The summed E-state index contributed by atoms with van der Waals surface area (Å²) in [6.07, 6.45) is 4.29. The number of imidazole rings is 1. The van der Waals surface area contributed by atoms with E-state index in [0.29, 0.717) is 30.3 Å². The molecule has 0 fully saturated rings. The molecule has 0 radical (unpaired) electrons. The van der Waals surface area contributed by atoms with Gasteiger partial charge in [-0.1, -0.05) is 6.07 Å². The van der Waals surface area contributed by atoms with Gasteiger partial charge in [-0.15, -0.1) is 0 Å². The Labute approximate surface area is 118 Å². The Morgan fingerprint density at radius 1 is 1.30 bits per heavy atom. The zero-order valence-electron chi connectivity index (χ0n) is 11.7. The van der Waals surface area contributed by atoms with Gasteiger partial charge in [-0.3, -0.25) is 4.79 Å². The minimum Gasteiger partial charge on any atom is -0.490 e. The Morgan fingerprint density at radius 3 is 2.85 bits per heavy atom. The summed E-state index contributed by atoms with van der Waals surface area (Å²) in [4.78, 5) is 15.2.